The number of amides is 1. The maximum Gasteiger partial charge on any atom is 0.245 e. The van der Waals surface area contributed by atoms with Crippen LogP contribution in [0.5, 0.6) is 0 Å². The van der Waals surface area contributed by atoms with Crippen LogP contribution >= 0.6 is 0 Å². The molecule has 0 unspecified atom stereocenters. The topological polar surface area (TPSA) is 88.2 Å². The van der Waals surface area contributed by atoms with E-state index in [0.29, 0.717) is 53.9 Å². The molecule has 0 spiro atoms. The van der Waals surface area contributed by atoms with Gasteiger partial charge in [0.05, 0.1) is 17.5 Å². The lowest BCUT2D eigenvalue weighted by atomic mass is 9.88. The number of rotatable bonds is 9. The molecule has 2 atom stereocenters. The molecule has 1 saturated carbocycles. The van der Waals surface area contributed by atoms with Crippen LogP contribution in [-0.2, 0) is 16.0 Å². The molecule has 1 saturated heterocycles. The average molecular weight is 396 g/mol. The standard InChI is InChI=1S/C22H28N4O3/c1-3-20(28)26-12-15(18(13-26)14-6-7-14)9-16-10-23-22-21(25-16)17(11-24-22)19(27)5-4-8-29-2/h3,10-11,14-15,18H,1,4-9,12-13H2,2H3,(H,23,24)/t15-,18-/m1/s1. The number of likely N-dealkylation sites (tertiary alicyclic amines) is 1. The van der Waals surface area contributed by atoms with Gasteiger partial charge in [-0.3, -0.25) is 9.59 Å². The van der Waals surface area contributed by atoms with Gasteiger partial charge in [-0.15, -0.1) is 0 Å². The van der Waals surface area contributed by atoms with Crippen LogP contribution in [0.4, 0.5) is 0 Å². The van der Waals surface area contributed by atoms with Crippen LogP contribution in [-0.4, -0.2) is 58.3 Å². The van der Waals surface area contributed by atoms with Crippen LogP contribution in [0.25, 0.3) is 11.2 Å². The molecule has 7 heteroatoms. The summed E-state index contributed by atoms with van der Waals surface area (Å²) in [6, 6.07) is 0. The van der Waals surface area contributed by atoms with E-state index in [4.69, 9.17) is 9.72 Å². The van der Waals surface area contributed by atoms with Gasteiger partial charge in [-0.2, -0.15) is 0 Å². The van der Waals surface area contributed by atoms with Crippen molar-refractivity contribution in [2.45, 2.75) is 32.1 Å². The van der Waals surface area contributed by atoms with E-state index in [1.165, 1.54) is 18.9 Å². The van der Waals surface area contributed by atoms with Crippen LogP contribution in [0.2, 0.25) is 0 Å². The van der Waals surface area contributed by atoms with Crippen LogP contribution in [0, 0.1) is 17.8 Å². The molecule has 3 heterocycles. The predicted octanol–water partition coefficient (Wildman–Crippen LogP) is 2.78. The van der Waals surface area contributed by atoms with Gasteiger partial charge in [-0.1, -0.05) is 6.58 Å². The van der Waals surface area contributed by atoms with Crippen molar-refractivity contribution >= 4 is 22.9 Å². The number of aromatic nitrogens is 3. The lowest BCUT2D eigenvalue weighted by Gasteiger charge is -2.16. The van der Waals surface area contributed by atoms with Gasteiger partial charge in [0, 0.05) is 39.4 Å². The molecule has 0 aromatic carbocycles. The second-order valence-corrected chi connectivity index (χ2v) is 8.19. The van der Waals surface area contributed by atoms with Crippen LogP contribution in [0.15, 0.2) is 25.0 Å². The summed E-state index contributed by atoms with van der Waals surface area (Å²) < 4.78 is 5.04. The molecule has 2 aromatic heterocycles. The Bertz CT molecular complexity index is 918. The van der Waals surface area contributed by atoms with Crippen LogP contribution in [0.1, 0.15) is 41.7 Å². The van der Waals surface area contributed by atoms with Crippen LogP contribution < -0.4 is 0 Å². The Labute approximate surface area is 170 Å². The number of Topliss-reactive ketones (excluding diaryl/α,β-unsaturated/α-hetero) is 1. The molecule has 1 amide bonds. The third kappa shape index (κ3) is 4.24. The van der Waals surface area contributed by atoms with Gasteiger partial charge in [0.2, 0.25) is 5.91 Å². The van der Waals surface area contributed by atoms with Gasteiger partial charge in [0.25, 0.3) is 0 Å². The van der Waals surface area contributed by atoms with E-state index in [-0.39, 0.29) is 11.7 Å². The second-order valence-electron chi connectivity index (χ2n) is 8.19. The summed E-state index contributed by atoms with van der Waals surface area (Å²) in [6.07, 6.45) is 9.29. The Morgan fingerprint density at radius 2 is 2.21 bits per heavy atom. The quantitative estimate of drug-likeness (QED) is 0.400. The number of methoxy groups -OCH3 is 1. The predicted molar refractivity (Wildman–Crippen MR) is 110 cm³/mol. The fraction of sp³-hybridized carbons (Fsp3) is 0.545. The normalized spacial score (nSPS) is 21.6. The summed E-state index contributed by atoms with van der Waals surface area (Å²) in [5, 5.41) is 0. The Morgan fingerprint density at radius 1 is 1.38 bits per heavy atom. The highest BCUT2D eigenvalue weighted by Crippen LogP contribution is 2.44. The van der Waals surface area contributed by atoms with Crippen molar-refractivity contribution in [2.75, 3.05) is 26.8 Å². The van der Waals surface area contributed by atoms with Crippen molar-refractivity contribution < 1.29 is 14.3 Å². The molecule has 0 bridgehead atoms. The first-order chi connectivity index (χ1) is 14.1. The van der Waals surface area contributed by atoms with Crippen LogP contribution in [0.3, 0.4) is 0 Å². The number of H-pyrrole nitrogens is 1. The summed E-state index contributed by atoms with van der Waals surface area (Å²) in [6.45, 7) is 5.74. The molecular weight excluding hydrogens is 368 g/mol. The van der Waals surface area contributed by atoms with Crippen molar-refractivity contribution in [1.29, 1.82) is 0 Å². The van der Waals surface area contributed by atoms with E-state index in [1.54, 1.807) is 19.5 Å². The van der Waals surface area contributed by atoms with Gasteiger partial charge < -0.3 is 14.6 Å². The van der Waals surface area contributed by atoms with Crippen molar-refractivity contribution in [3.8, 4) is 0 Å². The third-order valence-electron chi connectivity index (χ3n) is 6.16. The molecule has 0 radical (unpaired) electrons. The lowest BCUT2D eigenvalue weighted by Crippen LogP contribution is -2.27. The van der Waals surface area contributed by atoms with Crippen molar-refractivity contribution in [1.82, 2.24) is 19.9 Å². The first-order valence-electron chi connectivity index (χ1n) is 10.4. The smallest absolute Gasteiger partial charge is 0.245 e. The molecule has 1 N–H and O–H groups in total. The van der Waals surface area contributed by atoms with E-state index < -0.39 is 0 Å². The Kier molecular flexibility index (Phi) is 5.76. The van der Waals surface area contributed by atoms with Gasteiger partial charge in [0.15, 0.2) is 11.4 Å². The number of carbonyl (C=O) groups is 2. The minimum Gasteiger partial charge on any atom is -0.385 e. The lowest BCUT2D eigenvalue weighted by molar-refractivity contribution is -0.125. The van der Waals surface area contributed by atoms with E-state index in [0.717, 1.165) is 25.2 Å². The summed E-state index contributed by atoms with van der Waals surface area (Å²) in [7, 11) is 1.63. The summed E-state index contributed by atoms with van der Waals surface area (Å²) in [5.74, 6) is 1.66. The third-order valence-corrected chi connectivity index (χ3v) is 6.16. The van der Waals surface area contributed by atoms with E-state index in [2.05, 4.69) is 16.5 Å². The number of nitrogens with one attached hydrogen (secondary N) is 1. The maximum atomic E-state index is 12.6. The Balaban J connectivity index is 1.51. The average Bonchev–Trinajstić information content (AvgIpc) is 3.35. The molecular formula is C22H28N4O3. The summed E-state index contributed by atoms with van der Waals surface area (Å²) in [5.41, 5.74) is 2.76. The zero-order valence-corrected chi connectivity index (χ0v) is 16.9. The number of carbonyl (C=O) groups excluding carboxylic acids is 2. The monoisotopic (exact) mass is 396 g/mol. The van der Waals surface area contributed by atoms with Crippen molar-refractivity contribution in [3.05, 3.63) is 36.3 Å². The first-order valence-corrected chi connectivity index (χ1v) is 10.4. The second kappa shape index (κ2) is 8.45. The minimum absolute atomic E-state index is 0.00858. The zero-order chi connectivity index (χ0) is 20.4. The molecule has 2 aliphatic rings. The highest BCUT2D eigenvalue weighted by atomic mass is 16.5. The zero-order valence-electron chi connectivity index (χ0n) is 16.9. The molecule has 154 valence electrons. The van der Waals surface area contributed by atoms with Gasteiger partial charge >= 0.3 is 0 Å². The molecule has 1 aliphatic heterocycles. The van der Waals surface area contributed by atoms with Crippen molar-refractivity contribution in [2.24, 2.45) is 17.8 Å². The van der Waals surface area contributed by atoms with Crippen molar-refractivity contribution in [3.63, 3.8) is 0 Å². The number of aromatic amines is 1. The highest BCUT2D eigenvalue weighted by Gasteiger charge is 2.43. The van der Waals surface area contributed by atoms with Gasteiger partial charge in [0.1, 0.15) is 5.52 Å². The maximum absolute atomic E-state index is 12.6. The first kappa shape index (κ1) is 19.8. The largest absolute Gasteiger partial charge is 0.385 e. The van der Waals surface area contributed by atoms with E-state index in [9.17, 15) is 9.59 Å². The Hall–Kier alpha value is -2.54. The van der Waals surface area contributed by atoms with Gasteiger partial charge in [-0.25, -0.2) is 9.97 Å². The number of ether oxygens (including phenoxy) is 1. The number of fused-ring (bicyclic) bond motifs is 1. The van der Waals surface area contributed by atoms with Gasteiger partial charge in [-0.05, 0) is 49.5 Å². The fourth-order valence-electron chi connectivity index (χ4n) is 4.50. The highest BCUT2D eigenvalue weighted by molar-refractivity contribution is 6.05. The minimum atomic E-state index is 0.00858. The number of hydrogen-bond donors (Lipinski definition) is 1. The van der Waals surface area contributed by atoms with E-state index in [1.807, 2.05) is 4.90 Å². The molecule has 2 fully saturated rings. The number of nitrogens with zero attached hydrogens (tertiary/aromatic N) is 3. The SMILES string of the molecule is C=CC(=O)N1C[C@@H](Cc2cnc3[nH]cc(C(=O)CCCOC)c3n2)[C@@H](C2CC2)C1. The number of ketones is 1. The summed E-state index contributed by atoms with van der Waals surface area (Å²) in [4.78, 5) is 38.9. The number of hydrogen-bond acceptors (Lipinski definition) is 5. The molecule has 7 nitrogen and oxygen atoms in total. The van der Waals surface area contributed by atoms with E-state index >= 15 is 0 Å². The molecule has 1 aliphatic carbocycles. The Morgan fingerprint density at radius 3 is 2.93 bits per heavy atom. The molecule has 29 heavy (non-hydrogen) atoms. The summed E-state index contributed by atoms with van der Waals surface area (Å²) >= 11 is 0. The molecule has 4 rings (SSSR count). The fourth-order valence-corrected chi connectivity index (χ4v) is 4.50. The molecule has 2 aromatic rings.